The van der Waals surface area contributed by atoms with Gasteiger partial charge in [0.2, 0.25) is 0 Å². The Morgan fingerprint density at radius 3 is 2.65 bits per heavy atom. The maximum atomic E-state index is 9.71. The second-order valence-corrected chi connectivity index (χ2v) is 8.52. The number of rotatable bonds is 12. The van der Waals surface area contributed by atoms with Crippen LogP contribution in [0.4, 0.5) is 0 Å². The van der Waals surface area contributed by atoms with E-state index in [1.54, 1.807) is 13.3 Å². The van der Waals surface area contributed by atoms with E-state index >= 15 is 0 Å². The quantitative estimate of drug-likeness (QED) is 0.369. The number of ether oxygens (including phenoxy) is 5. The van der Waals surface area contributed by atoms with Crippen LogP contribution in [0.15, 0.2) is 48.7 Å². The third-order valence-electron chi connectivity index (χ3n) is 5.90. The third-order valence-corrected chi connectivity index (χ3v) is 5.90. The summed E-state index contributed by atoms with van der Waals surface area (Å²) in [6.45, 7) is 3.21. The molecule has 9 heteroatoms. The molecule has 1 fully saturated rings. The highest BCUT2D eigenvalue weighted by Crippen LogP contribution is 2.30. The number of methoxy groups -OCH3 is 1. The lowest BCUT2D eigenvalue weighted by Crippen LogP contribution is -2.26. The molecule has 1 aliphatic heterocycles. The van der Waals surface area contributed by atoms with E-state index in [0.29, 0.717) is 74.6 Å². The van der Waals surface area contributed by atoms with Crippen molar-refractivity contribution in [2.24, 2.45) is 5.73 Å². The monoisotopic (exact) mass is 504 g/mol. The zero-order chi connectivity index (χ0) is 25.9. The Kier molecular flexibility index (Phi) is 9.66. The standard InChI is InChI=1S/C28H32N4O5/c1-33-27-16-20(2-4-26(27)36-15-14-35-13-9-29)17-28-31-10-6-24(32-28)21-3-5-25(22(18-21)19-30)37-23-7-11-34-12-8-23/h2-6,10,16,18,23H,7-9,11-15,17,29H2,1H3. The van der Waals surface area contributed by atoms with Crippen LogP contribution in [0.2, 0.25) is 0 Å². The first-order valence-electron chi connectivity index (χ1n) is 12.4. The summed E-state index contributed by atoms with van der Waals surface area (Å²) in [4.78, 5) is 9.18. The molecule has 37 heavy (non-hydrogen) atoms. The fourth-order valence-corrected chi connectivity index (χ4v) is 4.02. The predicted molar refractivity (Wildman–Crippen MR) is 138 cm³/mol. The first-order valence-corrected chi connectivity index (χ1v) is 12.4. The topological polar surface area (TPSA) is 122 Å². The fourth-order valence-electron chi connectivity index (χ4n) is 4.02. The first kappa shape index (κ1) is 26.4. The smallest absolute Gasteiger partial charge is 0.161 e. The average Bonchev–Trinajstić information content (AvgIpc) is 2.94. The Morgan fingerprint density at radius 2 is 1.86 bits per heavy atom. The van der Waals surface area contributed by atoms with Crippen molar-refractivity contribution in [3.05, 3.63) is 65.6 Å². The van der Waals surface area contributed by atoms with E-state index in [1.807, 2.05) is 42.5 Å². The lowest BCUT2D eigenvalue weighted by atomic mass is 10.1. The Bertz CT molecular complexity index is 1210. The molecule has 0 bridgehead atoms. The number of benzene rings is 2. The summed E-state index contributed by atoms with van der Waals surface area (Å²) in [5.74, 6) is 2.52. The third kappa shape index (κ3) is 7.40. The summed E-state index contributed by atoms with van der Waals surface area (Å²) in [5, 5.41) is 9.71. The number of nitrogens with two attached hydrogens (primary N) is 1. The normalized spacial score (nSPS) is 13.6. The van der Waals surface area contributed by atoms with Crippen LogP contribution in [-0.2, 0) is 15.9 Å². The highest BCUT2D eigenvalue weighted by molar-refractivity contribution is 5.64. The molecule has 1 aromatic heterocycles. The number of hydrogen-bond acceptors (Lipinski definition) is 9. The summed E-state index contributed by atoms with van der Waals surface area (Å²) in [6.07, 6.45) is 3.95. The van der Waals surface area contributed by atoms with Gasteiger partial charge in [-0.2, -0.15) is 5.26 Å². The lowest BCUT2D eigenvalue weighted by Gasteiger charge is -2.23. The minimum atomic E-state index is 0.0654. The van der Waals surface area contributed by atoms with Gasteiger partial charge in [-0.15, -0.1) is 0 Å². The lowest BCUT2D eigenvalue weighted by molar-refractivity contribution is 0.0254. The molecular formula is C28H32N4O5. The molecule has 0 aliphatic carbocycles. The molecule has 0 spiro atoms. The van der Waals surface area contributed by atoms with Crippen LogP contribution in [0, 0.1) is 11.3 Å². The minimum absolute atomic E-state index is 0.0654. The van der Waals surface area contributed by atoms with Gasteiger partial charge in [-0.05, 0) is 42.0 Å². The number of nitrogens with zero attached hydrogens (tertiary/aromatic N) is 3. The van der Waals surface area contributed by atoms with Gasteiger partial charge in [-0.25, -0.2) is 9.97 Å². The number of nitriles is 1. The predicted octanol–water partition coefficient (Wildman–Crippen LogP) is 3.53. The highest BCUT2D eigenvalue weighted by atomic mass is 16.5. The maximum Gasteiger partial charge on any atom is 0.161 e. The Labute approximate surface area is 217 Å². The van der Waals surface area contributed by atoms with Gasteiger partial charge in [-0.3, -0.25) is 0 Å². The summed E-state index contributed by atoms with van der Waals surface area (Å²) >= 11 is 0. The SMILES string of the molecule is COc1cc(Cc2nccc(-c3ccc(OC4CCOCC4)c(C#N)c3)n2)ccc1OCCOCCN. The van der Waals surface area contributed by atoms with E-state index in [4.69, 9.17) is 34.4 Å². The minimum Gasteiger partial charge on any atom is -0.493 e. The summed E-state index contributed by atoms with van der Waals surface area (Å²) < 4.78 is 28.1. The maximum absolute atomic E-state index is 9.71. The Morgan fingerprint density at radius 1 is 1.03 bits per heavy atom. The molecule has 0 saturated carbocycles. The van der Waals surface area contributed by atoms with Gasteiger partial charge < -0.3 is 29.4 Å². The molecule has 2 N–H and O–H groups in total. The molecule has 2 heterocycles. The van der Waals surface area contributed by atoms with Gasteiger partial charge in [0.05, 0.1) is 44.8 Å². The van der Waals surface area contributed by atoms with Crippen molar-refractivity contribution >= 4 is 0 Å². The second kappa shape index (κ2) is 13.6. The van der Waals surface area contributed by atoms with Crippen molar-refractivity contribution in [2.75, 3.05) is 46.7 Å². The summed E-state index contributed by atoms with van der Waals surface area (Å²) in [6, 6.07) is 15.4. The van der Waals surface area contributed by atoms with Crippen molar-refractivity contribution in [1.29, 1.82) is 5.26 Å². The zero-order valence-electron chi connectivity index (χ0n) is 21.0. The van der Waals surface area contributed by atoms with Crippen molar-refractivity contribution in [1.82, 2.24) is 9.97 Å². The molecule has 3 aromatic rings. The van der Waals surface area contributed by atoms with E-state index < -0.39 is 0 Å². The van der Waals surface area contributed by atoms with Crippen LogP contribution < -0.4 is 19.9 Å². The zero-order valence-corrected chi connectivity index (χ0v) is 21.0. The van der Waals surface area contributed by atoms with Gasteiger partial charge in [-0.1, -0.05) is 6.07 Å². The van der Waals surface area contributed by atoms with E-state index in [0.717, 1.165) is 29.7 Å². The van der Waals surface area contributed by atoms with Crippen LogP contribution in [0.1, 0.15) is 29.8 Å². The molecule has 0 amide bonds. The molecule has 0 radical (unpaired) electrons. The molecule has 9 nitrogen and oxygen atoms in total. The van der Waals surface area contributed by atoms with E-state index in [-0.39, 0.29) is 6.10 Å². The van der Waals surface area contributed by atoms with Crippen molar-refractivity contribution in [3.63, 3.8) is 0 Å². The van der Waals surface area contributed by atoms with E-state index in [1.165, 1.54) is 0 Å². The van der Waals surface area contributed by atoms with Gasteiger partial charge in [0, 0.05) is 37.6 Å². The van der Waals surface area contributed by atoms with Gasteiger partial charge >= 0.3 is 0 Å². The Balaban J connectivity index is 1.44. The molecule has 194 valence electrons. The Hall–Kier alpha value is -3.71. The van der Waals surface area contributed by atoms with Crippen LogP contribution in [0.5, 0.6) is 17.2 Å². The number of hydrogen-bond donors (Lipinski definition) is 1. The van der Waals surface area contributed by atoms with E-state index in [9.17, 15) is 5.26 Å². The van der Waals surface area contributed by atoms with Gasteiger partial charge in [0.25, 0.3) is 0 Å². The molecule has 0 unspecified atom stereocenters. The van der Waals surface area contributed by atoms with Crippen molar-refractivity contribution < 1.29 is 23.7 Å². The van der Waals surface area contributed by atoms with E-state index in [2.05, 4.69) is 11.1 Å². The number of aromatic nitrogens is 2. The second-order valence-electron chi connectivity index (χ2n) is 8.52. The van der Waals surface area contributed by atoms with Crippen molar-refractivity contribution in [2.45, 2.75) is 25.4 Å². The first-order chi connectivity index (χ1) is 18.2. The summed E-state index contributed by atoms with van der Waals surface area (Å²) in [5.41, 5.74) is 8.46. The molecule has 4 rings (SSSR count). The average molecular weight is 505 g/mol. The van der Waals surface area contributed by atoms with Gasteiger partial charge in [0.1, 0.15) is 30.4 Å². The van der Waals surface area contributed by atoms with Crippen LogP contribution >= 0.6 is 0 Å². The van der Waals surface area contributed by atoms with Crippen LogP contribution in [-0.4, -0.2) is 62.8 Å². The fraction of sp³-hybridized carbons (Fsp3) is 0.393. The van der Waals surface area contributed by atoms with Gasteiger partial charge in [0.15, 0.2) is 11.5 Å². The molecule has 1 aliphatic rings. The van der Waals surface area contributed by atoms with Crippen LogP contribution in [0.25, 0.3) is 11.3 Å². The van der Waals surface area contributed by atoms with Crippen LogP contribution in [0.3, 0.4) is 0 Å². The molecule has 2 aromatic carbocycles. The molecule has 1 saturated heterocycles. The largest absolute Gasteiger partial charge is 0.493 e. The van der Waals surface area contributed by atoms with Crippen molar-refractivity contribution in [3.8, 4) is 34.6 Å². The molecule has 0 atom stereocenters. The molecular weight excluding hydrogens is 472 g/mol. The highest BCUT2D eigenvalue weighted by Gasteiger charge is 2.18. The summed E-state index contributed by atoms with van der Waals surface area (Å²) in [7, 11) is 1.61.